The molecule has 0 radical (unpaired) electrons. The molecular weight excluding hydrogens is 150 g/mol. The summed E-state index contributed by atoms with van der Waals surface area (Å²) in [6, 6.07) is 5.70. The molecule has 2 heteroatoms. The van der Waals surface area contributed by atoms with Gasteiger partial charge in [0.15, 0.2) is 0 Å². The van der Waals surface area contributed by atoms with Gasteiger partial charge in [0.05, 0.1) is 5.69 Å². The van der Waals surface area contributed by atoms with E-state index in [-0.39, 0.29) is 0 Å². The van der Waals surface area contributed by atoms with Crippen LogP contribution < -0.4 is 0 Å². The molecule has 0 aliphatic rings. The normalized spacial score (nSPS) is 15.7. The summed E-state index contributed by atoms with van der Waals surface area (Å²) in [7, 11) is 0. The molecule has 1 atom stereocenters. The average Bonchev–Trinajstić information content (AvgIpc) is 2.05. The van der Waals surface area contributed by atoms with Crippen molar-refractivity contribution in [1.82, 2.24) is 4.98 Å². The Morgan fingerprint density at radius 3 is 2.67 bits per heavy atom. The number of aromatic nitrogens is 1. The SMILES string of the molecule is CCC(C)(O)c1cccc(C)n1. The van der Waals surface area contributed by atoms with E-state index >= 15 is 0 Å². The summed E-state index contributed by atoms with van der Waals surface area (Å²) in [5, 5.41) is 9.86. The molecule has 12 heavy (non-hydrogen) atoms. The topological polar surface area (TPSA) is 33.1 Å². The first kappa shape index (κ1) is 9.20. The van der Waals surface area contributed by atoms with E-state index in [4.69, 9.17) is 0 Å². The van der Waals surface area contributed by atoms with E-state index in [0.29, 0.717) is 6.42 Å². The van der Waals surface area contributed by atoms with Gasteiger partial charge in [-0.15, -0.1) is 0 Å². The first-order valence-electron chi connectivity index (χ1n) is 4.23. The predicted molar refractivity (Wildman–Crippen MR) is 48.8 cm³/mol. The minimum atomic E-state index is -0.786. The van der Waals surface area contributed by atoms with E-state index in [2.05, 4.69) is 4.98 Å². The van der Waals surface area contributed by atoms with Gasteiger partial charge in [-0.2, -0.15) is 0 Å². The summed E-state index contributed by atoms with van der Waals surface area (Å²) < 4.78 is 0. The average molecular weight is 165 g/mol. The molecule has 0 bridgehead atoms. The highest BCUT2D eigenvalue weighted by Gasteiger charge is 2.21. The van der Waals surface area contributed by atoms with Crippen LogP contribution in [0, 0.1) is 6.92 Å². The quantitative estimate of drug-likeness (QED) is 0.727. The number of pyridine rings is 1. The second-order valence-corrected chi connectivity index (χ2v) is 3.29. The van der Waals surface area contributed by atoms with Gasteiger partial charge < -0.3 is 5.11 Å². The Morgan fingerprint density at radius 2 is 2.17 bits per heavy atom. The van der Waals surface area contributed by atoms with Crippen LogP contribution in [0.1, 0.15) is 31.7 Å². The van der Waals surface area contributed by atoms with E-state index < -0.39 is 5.60 Å². The van der Waals surface area contributed by atoms with Gasteiger partial charge in [0.1, 0.15) is 5.60 Å². The lowest BCUT2D eigenvalue weighted by Gasteiger charge is -2.20. The van der Waals surface area contributed by atoms with Gasteiger partial charge in [0, 0.05) is 5.69 Å². The second-order valence-electron chi connectivity index (χ2n) is 3.29. The molecule has 0 saturated heterocycles. The van der Waals surface area contributed by atoms with Crippen LogP contribution in [0.4, 0.5) is 0 Å². The van der Waals surface area contributed by atoms with Crippen LogP contribution in [-0.2, 0) is 5.60 Å². The Labute approximate surface area is 73.3 Å². The van der Waals surface area contributed by atoms with E-state index in [9.17, 15) is 5.11 Å². The largest absolute Gasteiger partial charge is 0.384 e. The minimum absolute atomic E-state index is 0.684. The molecule has 0 amide bonds. The molecule has 0 fully saturated rings. The van der Waals surface area contributed by atoms with Crippen molar-refractivity contribution in [2.75, 3.05) is 0 Å². The number of aryl methyl sites for hydroxylation is 1. The van der Waals surface area contributed by atoms with Crippen LogP contribution in [0.5, 0.6) is 0 Å². The molecule has 1 rings (SSSR count). The Bertz CT molecular complexity index is 268. The minimum Gasteiger partial charge on any atom is -0.384 e. The maximum Gasteiger partial charge on any atom is 0.103 e. The summed E-state index contributed by atoms with van der Waals surface area (Å²) >= 11 is 0. The molecule has 1 heterocycles. The van der Waals surface area contributed by atoms with E-state index in [1.807, 2.05) is 32.0 Å². The smallest absolute Gasteiger partial charge is 0.103 e. The van der Waals surface area contributed by atoms with Gasteiger partial charge in [0.2, 0.25) is 0 Å². The molecule has 0 spiro atoms. The third kappa shape index (κ3) is 1.83. The fourth-order valence-corrected chi connectivity index (χ4v) is 1.02. The summed E-state index contributed by atoms with van der Waals surface area (Å²) in [4.78, 5) is 4.27. The van der Waals surface area contributed by atoms with Crippen molar-refractivity contribution in [2.24, 2.45) is 0 Å². The van der Waals surface area contributed by atoms with Crippen LogP contribution >= 0.6 is 0 Å². The third-order valence-corrected chi connectivity index (χ3v) is 2.13. The number of hydrogen-bond donors (Lipinski definition) is 1. The molecule has 1 N–H and O–H groups in total. The lowest BCUT2D eigenvalue weighted by atomic mass is 9.98. The Morgan fingerprint density at radius 1 is 1.50 bits per heavy atom. The molecule has 66 valence electrons. The van der Waals surface area contributed by atoms with Crippen LogP contribution in [-0.4, -0.2) is 10.1 Å². The lowest BCUT2D eigenvalue weighted by molar-refractivity contribution is 0.0484. The highest BCUT2D eigenvalue weighted by Crippen LogP contribution is 2.21. The van der Waals surface area contributed by atoms with Crippen LogP contribution in [0.15, 0.2) is 18.2 Å². The van der Waals surface area contributed by atoms with Gasteiger partial charge in [-0.1, -0.05) is 13.0 Å². The Kier molecular flexibility index (Phi) is 2.48. The standard InChI is InChI=1S/C10H15NO/c1-4-10(3,12)9-7-5-6-8(2)11-9/h5-7,12H,4H2,1-3H3. The highest BCUT2D eigenvalue weighted by molar-refractivity contribution is 5.15. The highest BCUT2D eigenvalue weighted by atomic mass is 16.3. The van der Waals surface area contributed by atoms with Crippen molar-refractivity contribution in [2.45, 2.75) is 32.8 Å². The number of hydrogen-bond acceptors (Lipinski definition) is 2. The molecule has 0 aliphatic heterocycles. The van der Waals surface area contributed by atoms with Gasteiger partial charge >= 0.3 is 0 Å². The van der Waals surface area contributed by atoms with Crippen LogP contribution in [0.3, 0.4) is 0 Å². The van der Waals surface area contributed by atoms with E-state index in [0.717, 1.165) is 11.4 Å². The zero-order valence-electron chi connectivity index (χ0n) is 7.83. The molecule has 0 aromatic carbocycles. The second kappa shape index (κ2) is 3.23. The number of nitrogens with zero attached hydrogens (tertiary/aromatic N) is 1. The van der Waals surface area contributed by atoms with Crippen molar-refractivity contribution in [1.29, 1.82) is 0 Å². The molecule has 1 aromatic rings. The summed E-state index contributed by atoms with van der Waals surface area (Å²) in [5.74, 6) is 0. The van der Waals surface area contributed by atoms with E-state index in [1.165, 1.54) is 0 Å². The molecular formula is C10H15NO. The summed E-state index contributed by atoms with van der Waals surface area (Å²) in [5.41, 5.74) is 0.915. The van der Waals surface area contributed by atoms with Gasteiger partial charge in [-0.25, -0.2) is 0 Å². The van der Waals surface area contributed by atoms with Crippen molar-refractivity contribution >= 4 is 0 Å². The molecule has 2 nitrogen and oxygen atoms in total. The zero-order valence-corrected chi connectivity index (χ0v) is 7.83. The Hall–Kier alpha value is -0.890. The van der Waals surface area contributed by atoms with Crippen LogP contribution in [0.25, 0.3) is 0 Å². The van der Waals surface area contributed by atoms with Gasteiger partial charge in [0.25, 0.3) is 0 Å². The fraction of sp³-hybridized carbons (Fsp3) is 0.500. The summed E-state index contributed by atoms with van der Waals surface area (Å²) in [6.45, 7) is 5.66. The zero-order chi connectivity index (χ0) is 9.19. The molecule has 1 aromatic heterocycles. The van der Waals surface area contributed by atoms with E-state index in [1.54, 1.807) is 6.92 Å². The maximum atomic E-state index is 9.86. The number of aliphatic hydroxyl groups is 1. The summed E-state index contributed by atoms with van der Waals surface area (Å²) in [6.07, 6.45) is 0.684. The van der Waals surface area contributed by atoms with Crippen molar-refractivity contribution in [3.05, 3.63) is 29.6 Å². The Balaban J connectivity index is 3.03. The van der Waals surface area contributed by atoms with Gasteiger partial charge in [-0.05, 0) is 32.4 Å². The predicted octanol–water partition coefficient (Wildman–Crippen LogP) is 2.01. The molecule has 0 aliphatic carbocycles. The first-order valence-corrected chi connectivity index (χ1v) is 4.23. The first-order chi connectivity index (χ1) is 5.56. The molecule has 1 unspecified atom stereocenters. The lowest BCUT2D eigenvalue weighted by Crippen LogP contribution is -2.21. The van der Waals surface area contributed by atoms with Gasteiger partial charge in [-0.3, -0.25) is 4.98 Å². The van der Waals surface area contributed by atoms with Crippen molar-refractivity contribution in [3.8, 4) is 0 Å². The maximum absolute atomic E-state index is 9.86. The van der Waals surface area contributed by atoms with Crippen molar-refractivity contribution < 1.29 is 5.11 Å². The third-order valence-electron chi connectivity index (χ3n) is 2.13. The monoisotopic (exact) mass is 165 g/mol. The molecule has 0 saturated carbocycles. The number of rotatable bonds is 2. The fourth-order valence-electron chi connectivity index (χ4n) is 1.02. The van der Waals surface area contributed by atoms with Crippen LogP contribution in [0.2, 0.25) is 0 Å². The van der Waals surface area contributed by atoms with Crippen molar-refractivity contribution in [3.63, 3.8) is 0 Å².